The summed E-state index contributed by atoms with van der Waals surface area (Å²) in [7, 11) is 0. The second-order valence-corrected chi connectivity index (χ2v) is 4.24. The van der Waals surface area contributed by atoms with Crippen molar-refractivity contribution in [3.05, 3.63) is 0 Å². The van der Waals surface area contributed by atoms with E-state index in [0.717, 1.165) is 11.7 Å². The minimum Gasteiger partial charge on any atom is -0.379 e. The van der Waals surface area contributed by atoms with Crippen LogP contribution in [0.4, 0.5) is 0 Å². The van der Waals surface area contributed by atoms with Gasteiger partial charge in [-0.1, -0.05) is 31.0 Å². The molecule has 0 saturated heterocycles. The van der Waals surface area contributed by atoms with Crippen molar-refractivity contribution in [3.8, 4) is 0 Å². The van der Waals surface area contributed by atoms with Gasteiger partial charge < -0.3 is 5.73 Å². The molecular formula is C8H16N2S. The summed E-state index contributed by atoms with van der Waals surface area (Å²) in [5.41, 5.74) is 5.26. The Bertz CT molecular complexity index is 130. The molecule has 3 N–H and O–H groups in total. The van der Waals surface area contributed by atoms with Crippen molar-refractivity contribution in [1.29, 1.82) is 5.41 Å². The van der Waals surface area contributed by atoms with Crippen LogP contribution in [0, 0.1) is 11.3 Å². The first-order valence-electron chi connectivity index (χ1n) is 4.26. The van der Waals surface area contributed by atoms with Gasteiger partial charge in [-0.15, -0.1) is 0 Å². The second-order valence-electron chi connectivity index (χ2n) is 3.18. The first-order valence-corrected chi connectivity index (χ1v) is 5.24. The van der Waals surface area contributed by atoms with Crippen molar-refractivity contribution in [2.24, 2.45) is 11.7 Å². The molecule has 0 spiro atoms. The highest BCUT2D eigenvalue weighted by Crippen LogP contribution is 2.26. The molecule has 0 atom stereocenters. The van der Waals surface area contributed by atoms with Gasteiger partial charge in [-0.3, -0.25) is 5.41 Å². The summed E-state index contributed by atoms with van der Waals surface area (Å²) in [5, 5.41) is 7.33. The first kappa shape index (κ1) is 8.91. The lowest BCUT2D eigenvalue weighted by Gasteiger charge is -2.20. The van der Waals surface area contributed by atoms with Gasteiger partial charge in [0.05, 0.1) is 0 Å². The molecule has 0 aromatic heterocycles. The van der Waals surface area contributed by atoms with E-state index in [1.807, 2.05) is 0 Å². The van der Waals surface area contributed by atoms with Crippen LogP contribution < -0.4 is 5.73 Å². The van der Waals surface area contributed by atoms with E-state index >= 15 is 0 Å². The summed E-state index contributed by atoms with van der Waals surface area (Å²) >= 11 is 1.50. The predicted molar refractivity (Wildman–Crippen MR) is 50.9 cm³/mol. The number of hydrogen-bond acceptors (Lipinski definition) is 2. The summed E-state index contributed by atoms with van der Waals surface area (Å²) < 4.78 is 0. The van der Waals surface area contributed by atoms with Gasteiger partial charge in [0.2, 0.25) is 0 Å². The van der Waals surface area contributed by atoms with Crippen LogP contribution in [0.5, 0.6) is 0 Å². The Morgan fingerprint density at radius 1 is 1.36 bits per heavy atom. The number of nitrogens with two attached hydrogens (primary N) is 1. The van der Waals surface area contributed by atoms with Gasteiger partial charge in [-0.2, -0.15) is 0 Å². The van der Waals surface area contributed by atoms with Crippen LogP contribution in [0.15, 0.2) is 0 Å². The van der Waals surface area contributed by atoms with E-state index in [9.17, 15) is 0 Å². The highest BCUT2D eigenvalue weighted by Gasteiger charge is 2.13. The molecule has 64 valence electrons. The molecule has 0 aromatic carbocycles. The number of rotatable bonds is 2. The zero-order valence-electron chi connectivity index (χ0n) is 6.81. The Morgan fingerprint density at radius 3 is 2.55 bits per heavy atom. The molecule has 0 heterocycles. The smallest absolute Gasteiger partial charge is 0.151 e. The van der Waals surface area contributed by atoms with Crippen molar-refractivity contribution in [1.82, 2.24) is 0 Å². The van der Waals surface area contributed by atoms with E-state index < -0.39 is 0 Å². The zero-order valence-corrected chi connectivity index (χ0v) is 7.62. The lowest BCUT2D eigenvalue weighted by molar-refractivity contribution is 0.391. The molecule has 1 saturated carbocycles. The standard InChI is InChI=1S/C8H16N2S/c9-8(10)11-6-7-4-2-1-3-5-7/h7H,1-6H2,(H3,9,10). The third-order valence-electron chi connectivity index (χ3n) is 2.20. The Hall–Kier alpha value is -0.180. The molecule has 11 heavy (non-hydrogen) atoms. The molecule has 3 heteroatoms. The fourth-order valence-corrected chi connectivity index (χ4v) is 2.31. The van der Waals surface area contributed by atoms with Gasteiger partial charge in [0, 0.05) is 5.75 Å². The molecule has 1 aliphatic carbocycles. The highest BCUT2D eigenvalue weighted by molar-refractivity contribution is 8.13. The average molecular weight is 172 g/mol. The average Bonchev–Trinajstić information content (AvgIpc) is 2.03. The molecular weight excluding hydrogens is 156 g/mol. The van der Waals surface area contributed by atoms with Crippen LogP contribution in [-0.4, -0.2) is 10.9 Å². The number of amidine groups is 1. The summed E-state index contributed by atoms with van der Waals surface area (Å²) in [6.07, 6.45) is 6.86. The molecule has 1 rings (SSSR count). The van der Waals surface area contributed by atoms with E-state index in [1.165, 1.54) is 43.9 Å². The van der Waals surface area contributed by atoms with E-state index in [2.05, 4.69) is 0 Å². The molecule has 1 fully saturated rings. The van der Waals surface area contributed by atoms with Crippen molar-refractivity contribution >= 4 is 16.9 Å². The largest absolute Gasteiger partial charge is 0.379 e. The molecule has 0 aromatic rings. The third kappa shape index (κ3) is 3.65. The molecule has 0 aliphatic heterocycles. The number of thioether (sulfide) groups is 1. The quantitative estimate of drug-likeness (QED) is 0.495. The Balaban J connectivity index is 2.09. The van der Waals surface area contributed by atoms with Crippen molar-refractivity contribution < 1.29 is 0 Å². The van der Waals surface area contributed by atoms with Gasteiger partial charge >= 0.3 is 0 Å². The number of hydrogen-bond donors (Lipinski definition) is 2. The Morgan fingerprint density at radius 2 is 2.00 bits per heavy atom. The van der Waals surface area contributed by atoms with Crippen molar-refractivity contribution in [2.75, 3.05) is 5.75 Å². The summed E-state index contributed by atoms with van der Waals surface area (Å²) in [5.74, 6) is 1.90. The SMILES string of the molecule is N=C(N)SCC1CCCCC1. The van der Waals surface area contributed by atoms with Gasteiger partial charge in [0.25, 0.3) is 0 Å². The molecule has 0 radical (unpaired) electrons. The number of nitrogens with one attached hydrogen (secondary N) is 1. The third-order valence-corrected chi connectivity index (χ3v) is 3.15. The zero-order chi connectivity index (χ0) is 8.10. The normalized spacial score (nSPS) is 20.0. The van der Waals surface area contributed by atoms with Crippen molar-refractivity contribution in [2.45, 2.75) is 32.1 Å². The lowest BCUT2D eigenvalue weighted by atomic mass is 9.91. The first-order chi connectivity index (χ1) is 5.29. The topological polar surface area (TPSA) is 49.9 Å². The lowest BCUT2D eigenvalue weighted by Crippen LogP contribution is -2.12. The second kappa shape index (κ2) is 4.65. The van der Waals surface area contributed by atoms with Crippen molar-refractivity contribution in [3.63, 3.8) is 0 Å². The van der Waals surface area contributed by atoms with Crippen LogP contribution >= 0.6 is 11.8 Å². The molecule has 0 unspecified atom stereocenters. The molecule has 1 aliphatic rings. The molecule has 0 amide bonds. The summed E-state index contributed by atoms with van der Waals surface area (Å²) in [6.45, 7) is 0. The maximum Gasteiger partial charge on any atom is 0.151 e. The van der Waals surface area contributed by atoms with Gasteiger partial charge in [0.15, 0.2) is 5.17 Å². The maximum atomic E-state index is 7.05. The molecule has 0 bridgehead atoms. The van der Waals surface area contributed by atoms with Crippen LogP contribution in [0.2, 0.25) is 0 Å². The molecule has 2 nitrogen and oxygen atoms in total. The summed E-state index contributed by atoms with van der Waals surface area (Å²) in [4.78, 5) is 0. The van der Waals surface area contributed by atoms with Crippen LogP contribution in [-0.2, 0) is 0 Å². The monoisotopic (exact) mass is 172 g/mol. The Labute approximate surface area is 72.4 Å². The fraction of sp³-hybridized carbons (Fsp3) is 0.875. The Kier molecular flexibility index (Phi) is 3.77. The van der Waals surface area contributed by atoms with Crippen LogP contribution in [0.1, 0.15) is 32.1 Å². The minimum atomic E-state index is 0.274. The van der Waals surface area contributed by atoms with E-state index in [0.29, 0.717) is 0 Å². The van der Waals surface area contributed by atoms with Gasteiger partial charge in [-0.25, -0.2) is 0 Å². The van der Waals surface area contributed by atoms with E-state index in [1.54, 1.807) is 0 Å². The predicted octanol–water partition coefficient (Wildman–Crippen LogP) is 2.19. The maximum absolute atomic E-state index is 7.05. The minimum absolute atomic E-state index is 0.274. The van der Waals surface area contributed by atoms with Gasteiger partial charge in [-0.05, 0) is 18.8 Å². The van der Waals surface area contributed by atoms with E-state index in [4.69, 9.17) is 11.1 Å². The van der Waals surface area contributed by atoms with Gasteiger partial charge in [0.1, 0.15) is 0 Å². The van der Waals surface area contributed by atoms with Crippen LogP contribution in [0.3, 0.4) is 0 Å². The summed E-state index contributed by atoms with van der Waals surface area (Å²) in [6, 6.07) is 0. The fourth-order valence-electron chi connectivity index (χ4n) is 1.56. The highest BCUT2D eigenvalue weighted by atomic mass is 32.2. The van der Waals surface area contributed by atoms with E-state index in [-0.39, 0.29) is 5.17 Å². The van der Waals surface area contributed by atoms with Crippen LogP contribution in [0.25, 0.3) is 0 Å².